The highest BCUT2D eigenvalue weighted by Crippen LogP contribution is 2.31. The van der Waals surface area contributed by atoms with Crippen molar-refractivity contribution in [2.45, 2.75) is 17.7 Å². The first-order chi connectivity index (χ1) is 15.9. The number of rotatable bonds is 7. The molecule has 0 aliphatic carbocycles. The zero-order valence-electron chi connectivity index (χ0n) is 18.9. The fourth-order valence-corrected chi connectivity index (χ4v) is 5.70. The van der Waals surface area contributed by atoms with Crippen LogP contribution in [0.1, 0.15) is 12.0 Å². The molecule has 3 aromatic rings. The van der Waals surface area contributed by atoms with Crippen LogP contribution in [0.2, 0.25) is 0 Å². The highest BCUT2D eigenvalue weighted by atomic mass is 32.2. The molecule has 1 heterocycles. The summed E-state index contributed by atoms with van der Waals surface area (Å²) in [6, 6.07) is 19.1. The molecular weight excluding hydrogens is 440 g/mol. The normalized spacial score (nSPS) is 14.9. The van der Waals surface area contributed by atoms with Gasteiger partial charge in [0, 0.05) is 38.7 Å². The van der Waals surface area contributed by atoms with Gasteiger partial charge < -0.3 is 14.4 Å². The van der Waals surface area contributed by atoms with Crippen LogP contribution >= 0.6 is 0 Å². The first-order valence-electron chi connectivity index (χ1n) is 10.9. The Balaban J connectivity index is 1.37. The Hall–Kier alpha value is -3.10. The summed E-state index contributed by atoms with van der Waals surface area (Å²) in [7, 11) is -0.848. The van der Waals surface area contributed by atoms with Gasteiger partial charge in [-0.25, -0.2) is 8.42 Å². The molecular formula is C25H28N2O5S. The molecule has 8 heteroatoms. The number of carbonyl (C=O) groups is 1. The summed E-state index contributed by atoms with van der Waals surface area (Å²) >= 11 is 0. The third-order valence-corrected chi connectivity index (χ3v) is 7.94. The first-order valence-corrected chi connectivity index (χ1v) is 12.3. The number of aryl methyl sites for hydroxylation is 1. The average molecular weight is 469 g/mol. The number of amides is 1. The highest BCUT2D eigenvalue weighted by Gasteiger charge is 2.32. The minimum absolute atomic E-state index is 0.0409. The largest absolute Gasteiger partial charge is 0.497 e. The quantitative estimate of drug-likeness (QED) is 0.532. The maximum atomic E-state index is 13.2. The fourth-order valence-electron chi connectivity index (χ4n) is 4.11. The van der Waals surface area contributed by atoms with Crippen LogP contribution in [0.25, 0.3) is 10.8 Å². The molecule has 1 aliphatic heterocycles. The maximum absolute atomic E-state index is 13.2. The standard InChI is InChI=1S/C25H28N2O5S/c1-31-22-10-11-23(32-2)24(18-22)33(29,30)27-15-13-26(14-16-27)25(28)12-8-19-7-9-20-5-3-4-6-21(20)17-19/h3-7,9-11,17-18H,8,12-16H2,1-2H3. The van der Waals surface area contributed by atoms with Gasteiger partial charge in [-0.3, -0.25) is 4.79 Å². The molecule has 1 saturated heterocycles. The molecule has 0 bridgehead atoms. The van der Waals surface area contributed by atoms with Crippen LogP contribution in [0.4, 0.5) is 0 Å². The number of nitrogens with zero attached hydrogens (tertiary/aromatic N) is 2. The van der Waals surface area contributed by atoms with E-state index < -0.39 is 10.0 Å². The van der Waals surface area contributed by atoms with Gasteiger partial charge >= 0.3 is 0 Å². The van der Waals surface area contributed by atoms with E-state index in [4.69, 9.17) is 9.47 Å². The Labute approximate surface area is 194 Å². The molecule has 1 amide bonds. The van der Waals surface area contributed by atoms with E-state index in [1.165, 1.54) is 30.0 Å². The van der Waals surface area contributed by atoms with E-state index in [0.717, 1.165) is 10.9 Å². The number of piperazine rings is 1. The molecule has 1 fully saturated rings. The molecule has 0 N–H and O–H groups in total. The van der Waals surface area contributed by atoms with Crippen molar-refractivity contribution in [2.75, 3.05) is 40.4 Å². The summed E-state index contributed by atoms with van der Waals surface area (Å²) in [5, 5.41) is 2.34. The predicted octanol–water partition coefficient (Wildman–Crippen LogP) is 3.32. The predicted molar refractivity (Wildman–Crippen MR) is 127 cm³/mol. The van der Waals surface area contributed by atoms with Crippen LogP contribution in [0.15, 0.2) is 65.6 Å². The molecule has 1 aliphatic rings. The van der Waals surface area contributed by atoms with Crippen molar-refractivity contribution >= 4 is 26.7 Å². The van der Waals surface area contributed by atoms with Gasteiger partial charge in [0.15, 0.2) is 0 Å². The van der Waals surface area contributed by atoms with E-state index in [1.54, 1.807) is 17.0 Å². The number of hydrogen-bond donors (Lipinski definition) is 0. The second-order valence-corrected chi connectivity index (χ2v) is 9.89. The maximum Gasteiger partial charge on any atom is 0.247 e. The molecule has 174 valence electrons. The summed E-state index contributed by atoms with van der Waals surface area (Å²) in [5.74, 6) is 0.751. The molecule has 0 saturated carbocycles. The van der Waals surface area contributed by atoms with E-state index in [0.29, 0.717) is 31.7 Å². The first kappa shape index (κ1) is 23.1. The Kier molecular flexibility index (Phi) is 6.85. The molecule has 0 unspecified atom stereocenters. The highest BCUT2D eigenvalue weighted by molar-refractivity contribution is 7.89. The lowest BCUT2D eigenvalue weighted by atomic mass is 10.0. The van der Waals surface area contributed by atoms with Crippen LogP contribution < -0.4 is 9.47 Å². The Morgan fingerprint density at radius 1 is 0.879 bits per heavy atom. The second kappa shape index (κ2) is 9.80. The molecule has 0 atom stereocenters. The number of hydrogen-bond acceptors (Lipinski definition) is 5. The number of ether oxygens (including phenoxy) is 2. The lowest BCUT2D eigenvalue weighted by molar-refractivity contribution is -0.132. The van der Waals surface area contributed by atoms with Crippen molar-refractivity contribution in [3.63, 3.8) is 0 Å². The summed E-state index contributed by atoms with van der Waals surface area (Å²) in [5.41, 5.74) is 1.12. The monoisotopic (exact) mass is 468 g/mol. The lowest BCUT2D eigenvalue weighted by Gasteiger charge is -2.34. The SMILES string of the molecule is COc1ccc(OC)c(S(=O)(=O)N2CCN(C(=O)CCc3ccc4ccccc4c3)CC2)c1. The number of sulfonamides is 1. The second-order valence-electron chi connectivity index (χ2n) is 7.98. The van der Waals surface area contributed by atoms with Gasteiger partial charge in [0.1, 0.15) is 16.4 Å². The van der Waals surface area contributed by atoms with Crippen molar-refractivity contribution < 1.29 is 22.7 Å². The molecule has 0 spiro atoms. The lowest BCUT2D eigenvalue weighted by Crippen LogP contribution is -2.50. The van der Waals surface area contributed by atoms with Gasteiger partial charge in [-0.05, 0) is 34.9 Å². The van der Waals surface area contributed by atoms with Gasteiger partial charge in [0.05, 0.1) is 14.2 Å². The Bertz CT molecular complexity index is 1250. The summed E-state index contributed by atoms with van der Waals surface area (Å²) < 4.78 is 38.3. The van der Waals surface area contributed by atoms with Crippen molar-refractivity contribution in [3.8, 4) is 11.5 Å². The van der Waals surface area contributed by atoms with Crippen LogP contribution in [0, 0.1) is 0 Å². The molecule has 0 aromatic heterocycles. The van der Waals surface area contributed by atoms with E-state index in [2.05, 4.69) is 30.3 Å². The number of methoxy groups -OCH3 is 2. The van der Waals surface area contributed by atoms with E-state index in [1.807, 2.05) is 12.1 Å². The molecule has 4 rings (SSSR count). The van der Waals surface area contributed by atoms with Gasteiger partial charge in [-0.15, -0.1) is 0 Å². The third-order valence-electron chi connectivity index (χ3n) is 6.02. The van der Waals surface area contributed by atoms with Gasteiger partial charge in [0.2, 0.25) is 15.9 Å². The smallest absolute Gasteiger partial charge is 0.247 e. The minimum Gasteiger partial charge on any atom is -0.497 e. The van der Waals surface area contributed by atoms with E-state index in [-0.39, 0.29) is 29.6 Å². The summed E-state index contributed by atoms with van der Waals surface area (Å²) in [6.45, 7) is 1.21. The van der Waals surface area contributed by atoms with Gasteiger partial charge in [-0.2, -0.15) is 4.31 Å². The Morgan fingerprint density at radius 3 is 2.30 bits per heavy atom. The number of fused-ring (bicyclic) bond motifs is 1. The Morgan fingerprint density at radius 2 is 1.61 bits per heavy atom. The topological polar surface area (TPSA) is 76.2 Å². The molecule has 7 nitrogen and oxygen atoms in total. The fraction of sp³-hybridized carbons (Fsp3) is 0.320. The molecule has 33 heavy (non-hydrogen) atoms. The number of benzene rings is 3. The zero-order chi connectivity index (χ0) is 23.4. The van der Waals surface area contributed by atoms with E-state index >= 15 is 0 Å². The van der Waals surface area contributed by atoms with Crippen molar-refractivity contribution in [1.82, 2.24) is 9.21 Å². The molecule has 0 radical (unpaired) electrons. The van der Waals surface area contributed by atoms with Crippen molar-refractivity contribution in [3.05, 3.63) is 66.2 Å². The number of carbonyl (C=O) groups excluding carboxylic acids is 1. The van der Waals surface area contributed by atoms with Gasteiger partial charge in [0.25, 0.3) is 0 Å². The van der Waals surface area contributed by atoms with Crippen molar-refractivity contribution in [1.29, 1.82) is 0 Å². The molecule has 3 aromatic carbocycles. The van der Waals surface area contributed by atoms with Crippen LogP contribution in [0.5, 0.6) is 11.5 Å². The zero-order valence-corrected chi connectivity index (χ0v) is 19.7. The van der Waals surface area contributed by atoms with Gasteiger partial charge in [-0.1, -0.05) is 42.5 Å². The van der Waals surface area contributed by atoms with Crippen LogP contribution in [0.3, 0.4) is 0 Å². The summed E-state index contributed by atoms with van der Waals surface area (Å²) in [6.07, 6.45) is 1.05. The van der Waals surface area contributed by atoms with Crippen LogP contribution in [-0.4, -0.2) is 63.9 Å². The average Bonchev–Trinajstić information content (AvgIpc) is 2.86. The third kappa shape index (κ3) is 4.96. The summed E-state index contributed by atoms with van der Waals surface area (Å²) in [4.78, 5) is 14.6. The minimum atomic E-state index is -3.77. The van der Waals surface area contributed by atoms with Crippen molar-refractivity contribution in [2.24, 2.45) is 0 Å². The van der Waals surface area contributed by atoms with E-state index in [9.17, 15) is 13.2 Å². The van der Waals surface area contributed by atoms with Crippen LogP contribution in [-0.2, 0) is 21.2 Å².